The normalized spacial score (nSPS) is 28.6. The fraction of sp³-hybridized carbons (Fsp3) is 0.455. The molecule has 0 radical (unpaired) electrons. The highest BCUT2D eigenvalue weighted by atomic mass is 32.2. The lowest BCUT2D eigenvalue weighted by atomic mass is 9.89. The van der Waals surface area contributed by atoms with E-state index in [-0.39, 0.29) is 29.4 Å². The number of aliphatic imine (C=N–C) groups is 1. The van der Waals surface area contributed by atoms with Crippen molar-refractivity contribution in [3.8, 4) is 0 Å². The zero-order valence-corrected chi connectivity index (χ0v) is 19.2. The first kappa shape index (κ1) is 22.4. The summed E-state index contributed by atoms with van der Waals surface area (Å²) in [4.78, 5) is 25.7. The zero-order valence-electron chi connectivity index (χ0n) is 18.4. The molecule has 0 unspecified atom stereocenters. The monoisotopic (exact) mass is 461 g/mol. The number of aromatic nitrogens is 2. The maximum Gasteiger partial charge on any atom is 0.187 e. The molecule has 2 N–H and O–H groups in total. The van der Waals surface area contributed by atoms with Gasteiger partial charge < -0.3 is 5.73 Å². The number of ketones is 1. The van der Waals surface area contributed by atoms with Gasteiger partial charge in [0.2, 0.25) is 0 Å². The summed E-state index contributed by atoms with van der Waals surface area (Å²) in [5.74, 6) is -1.38. The second-order valence-corrected chi connectivity index (χ2v) is 11.9. The molecule has 2 aromatic heterocycles. The SMILES string of the molecule is Cc1cc(F)cnc1C(=O)Cc1ccc(F)c([C@@]2(C)N=C(N)C(C)(C)[S@]3(=O)=NCC[C@H]23)n1. The third-order valence-electron chi connectivity index (χ3n) is 6.42. The number of hydrogen-bond donors (Lipinski definition) is 1. The van der Waals surface area contributed by atoms with E-state index in [2.05, 4.69) is 19.3 Å². The van der Waals surface area contributed by atoms with Crippen molar-refractivity contribution in [2.24, 2.45) is 15.1 Å². The van der Waals surface area contributed by atoms with Crippen LogP contribution in [0.2, 0.25) is 0 Å². The lowest BCUT2D eigenvalue weighted by Crippen LogP contribution is -2.58. The maximum atomic E-state index is 15.0. The van der Waals surface area contributed by atoms with Gasteiger partial charge in [-0.05, 0) is 57.9 Å². The highest BCUT2D eigenvalue weighted by Crippen LogP contribution is 2.47. The molecule has 0 saturated carbocycles. The van der Waals surface area contributed by atoms with Gasteiger partial charge in [0.1, 0.15) is 39.1 Å². The predicted octanol–water partition coefficient (Wildman–Crippen LogP) is 3.09. The average molecular weight is 462 g/mol. The molecule has 0 spiro atoms. The Labute approximate surface area is 185 Å². The molecule has 4 heterocycles. The molecular weight excluding hydrogens is 436 g/mol. The number of carbonyl (C=O) groups excluding carboxylic acids is 1. The number of nitrogens with two attached hydrogens (primary N) is 1. The Balaban J connectivity index is 1.76. The molecule has 10 heteroatoms. The van der Waals surface area contributed by atoms with Crippen molar-refractivity contribution in [3.05, 3.63) is 58.7 Å². The number of rotatable bonds is 4. The van der Waals surface area contributed by atoms with E-state index in [0.29, 0.717) is 24.2 Å². The van der Waals surface area contributed by atoms with Gasteiger partial charge in [0, 0.05) is 12.2 Å². The fourth-order valence-electron chi connectivity index (χ4n) is 4.49. The van der Waals surface area contributed by atoms with Crippen molar-refractivity contribution in [1.82, 2.24) is 9.97 Å². The van der Waals surface area contributed by atoms with Crippen LogP contribution in [0.3, 0.4) is 0 Å². The van der Waals surface area contributed by atoms with Gasteiger partial charge >= 0.3 is 0 Å². The highest BCUT2D eigenvalue weighted by molar-refractivity contribution is 7.96. The third-order valence-corrected chi connectivity index (χ3v) is 10.1. The molecule has 170 valence electrons. The van der Waals surface area contributed by atoms with Crippen LogP contribution in [-0.2, 0) is 21.7 Å². The predicted molar refractivity (Wildman–Crippen MR) is 118 cm³/mol. The van der Waals surface area contributed by atoms with Crippen LogP contribution in [0.4, 0.5) is 8.78 Å². The topological polar surface area (TPSA) is 111 Å². The molecule has 0 bridgehead atoms. The van der Waals surface area contributed by atoms with Crippen molar-refractivity contribution in [2.75, 3.05) is 6.54 Å². The first-order valence-corrected chi connectivity index (χ1v) is 11.9. The van der Waals surface area contributed by atoms with Gasteiger partial charge in [-0.1, -0.05) is 0 Å². The van der Waals surface area contributed by atoms with Crippen LogP contribution in [0.15, 0.2) is 33.8 Å². The van der Waals surface area contributed by atoms with E-state index in [0.717, 1.165) is 6.20 Å². The number of halogens is 2. The molecule has 0 aromatic carbocycles. The van der Waals surface area contributed by atoms with Crippen LogP contribution in [-0.4, -0.2) is 42.3 Å². The van der Waals surface area contributed by atoms with Gasteiger partial charge in [-0.25, -0.2) is 22.3 Å². The van der Waals surface area contributed by atoms with Gasteiger partial charge in [-0.15, -0.1) is 0 Å². The number of fused-ring (bicyclic) bond motifs is 1. The quantitative estimate of drug-likeness (QED) is 0.704. The molecule has 2 aromatic rings. The van der Waals surface area contributed by atoms with Crippen molar-refractivity contribution in [2.45, 2.75) is 56.1 Å². The highest BCUT2D eigenvalue weighted by Gasteiger charge is 2.57. The number of nitrogens with zero attached hydrogens (tertiary/aromatic N) is 4. The minimum absolute atomic E-state index is 0.0140. The van der Waals surface area contributed by atoms with Crippen molar-refractivity contribution in [1.29, 1.82) is 0 Å². The molecule has 0 aliphatic carbocycles. The number of carbonyl (C=O) groups is 1. The number of Topliss-reactive ketones (excluding diaryl/α,β-unsaturated/α-hetero) is 1. The second kappa shape index (κ2) is 7.40. The maximum absolute atomic E-state index is 15.0. The van der Waals surface area contributed by atoms with Crippen LogP contribution in [0, 0.1) is 18.6 Å². The van der Waals surface area contributed by atoms with Gasteiger partial charge in [0.15, 0.2) is 5.78 Å². The van der Waals surface area contributed by atoms with Crippen LogP contribution in [0.1, 0.15) is 54.6 Å². The van der Waals surface area contributed by atoms with Crippen molar-refractivity contribution >= 4 is 21.3 Å². The molecule has 3 atom stereocenters. The number of hydrogen-bond acceptors (Lipinski definition) is 7. The Hall–Kier alpha value is -2.75. The van der Waals surface area contributed by atoms with E-state index in [4.69, 9.17) is 5.73 Å². The van der Waals surface area contributed by atoms with Crippen LogP contribution in [0.5, 0.6) is 0 Å². The fourth-order valence-corrected chi connectivity index (χ4v) is 7.64. The molecular formula is C22H25F2N5O2S. The Bertz CT molecular complexity index is 1280. The number of aryl methyl sites for hydroxylation is 1. The zero-order chi connectivity index (χ0) is 23.5. The largest absolute Gasteiger partial charge is 0.386 e. The van der Waals surface area contributed by atoms with Crippen molar-refractivity contribution in [3.63, 3.8) is 0 Å². The Morgan fingerprint density at radius 2 is 2.00 bits per heavy atom. The van der Waals surface area contributed by atoms with Gasteiger partial charge in [-0.3, -0.25) is 14.8 Å². The molecule has 0 saturated heterocycles. The van der Waals surface area contributed by atoms with Crippen LogP contribution < -0.4 is 5.73 Å². The molecule has 2 aliphatic heterocycles. The lowest BCUT2D eigenvalue weighted by Gasteiger charge is -2.44. The van der Waals surface area contributed by atoms with E-state index in [1.165, 1.54) is 18.2 Å². The van der Waals surface area contributed by atoms with E-state index >= 15 is 4.39 Å². The van der Waals surface area contributed by atoms with E-state index < -0.39 is 36.9 Å². The van der Waals surface area contributed by atoms with Crippen LogP contribution in [0.25, 0.3) is 0 Å². The molecule has 7 nitrogen and oxygen atoms in total. The van der Waals surface area contributed by atoms with Crippen molar-refractivity contribution < 1.29 is 17.8 Å². The van der Waals surface area contributed by atoms with Crippen LogP contribution >= 0.6 is 0 Å². The van der Waals surface area contributed by atoms with E-state index in [9.17, 15) is 13.4 Å². The summed E-state index contributed by atoms with van der Waals surface area (Å²) in [6, 6.07) is 3.86. The summed E-state index contributed by atoms with van der Waals surface area (Å²) in [5, 5.41) is -0.564. The van der Waals surface area contributed by atoms with E-state index in [1.54, 1.807) is 27.7 Å². The number of pyridine rings is 2. The molecule has 4 rings (SSSR count). The molecule has 32 heavy (non-hydrogen) atoms. The summed E-state index contributed by atoms with van der Waals surface area (Å²) >= 11 is 0. The standard InChI is InChI=1S/C22H25F2N5O2S/c1-12-9-13(23)11-26-18(12)16(30)10-14-5-6-15(24)19(28-14)22(4)17-7-8-27-32(17,31)21(2,3)20(25)29-22/h5-6,9,11,17H,7-8,10H2,1-4H3,(H2,25,29)/t17-,22+,32+/m1/s1. The first-order chi connectivity index (χ1) is 14.9. The van der Waals surface area contributed by atoms with Gasteiger partial charge in [-0.2, -0.15) is 0 Å². The third kappa shape index (κ3) is 3.23. The lowest BCUT2D eigenvalue weighted by molar-refractivity contribution is 0.0986. The Morgan fingerprint density at radius 3 is 2.69 bits per heavy atom. The minimum atomic E-state index is -2.83. The summed E-state index contributed by atoms with van der Waals surface area (Å²) in [7, 11) is -2.83. The van der Waals surface area contributed by atoms with Gasteiger partial charge in [0.25, 0.3) is 0 Å². The van der Waals surface area contributed by atoms with Gasteiger partial charge in [0.05, 0.1) is 27.6 Å². The summed E-state index contributed by atoms with van der Waals surface area (Å²) < 4.78 is 45.7. The molecule has 2 aliphatic rings. The van der Waals surface area contributed by atoms with E-state index in [1.807, 2.05) is 0 Å². The Morgan fingerprint density at radius 1 is 1.28 bits per heavy atom. The summed E-state index contributed by atoms with van der Waals surface area (Å²) in [6.07, 6.45) is 1.29. The molecule has 0 fully saturated rings. The minimum Gasteiger partial charge on any atom is -0.386 e. The average Bonchev–Trinajstić information content (AvgIpc) is 3.13. The summed E-state index contributed by atoms with van der Waals surface area (Å²) in [6.45, 7) is 7.12. The molecule has 0 amide bonds. The number of amidine groups is 1. The Kier molecular flexibility index (Phi) is 5.19. The first-order valence-electron chi connectivity index (χ1n) is 10.3. The second-order valence-electron chi connectivity index (χ2n) is 8.91. The summed E-state index contributed by atoms with van der Waals surface area (Å²) in [5.41, 5.74) is 5.75. The smallest absolute Gasteiger partial charge is 0.187 e.